The van der Waals surface area contributed by atoms with Crippen molar-refractivity contribution in [2.24, 2.45) is 5.10 Å². The van der Waals surface area contributed by atoms with Gasteiger partial charge in [-0.05, 0) is 24.3 Å². The smallest absolute Gasteiger partial charge is 0.288 e. The molecular formula is C14H10ClN3O5. The SMILES string of the molecule is O=C(NN=Cc1ccc(O)cc1O)c1ccc(Cl)c([N+](=O)[O-])c1. The minimum Gasteiger partial charge on any atom is -0.508 e. The van der Waals surface area contributed by atoms with E-state index in [1.165, 1.54) is 24.3 Å². The molecule has 0 saturated carbocycles. The lowest BCUT2D eigenvalue weighted by Crippen LogP contribution is -2.17. The number of carbonyl (C=O) groups excluding carboxylic acids is 1. The number of halogens is 1. The summed E-state index contributed by atoms with van der Waals surface area (Å²) >= 11 is 5.66. The Morgan fingerprint density at radius 2 is 2.00 bits per heavy atom. The Hall–Kier alpha value is -3.13. The van der Waals surface area contributed by atoms with E-state index in [1.807, 2.05) is 0 Å². The normalized spacial score (nSPS) is 10.7. The van der Waals surface area contributed by atoms with Gasteiger partial charge in [0.05, 0.1) is 11.1 Å². The summed E-state index contributed by atoms with van der Waals surface area (Å²) in [7, 11) is 0. The summed E-state index contributed by atoms with van der Waals surface area (Å²) in [6.45, 7) is 0. The van der Waals surface area contributed by atoms with E-state index in [4.69, 9.17) is 16.7 Å². The fourth-order valence-electron chi connectivity index (χ4n) is 1.66. The molecule has 0 heterocycles. The molecule has 0 fully saturated rings. The average Bonchev–Trinajstić information content (AvgIpc) is 2.49. The molecule has 118 valence electrons. The molecule has 0 aromatic heterocycles. The Morgan fingerprint density at radius 3 is 2.65 bits per heavy atom. The van der Waals surface area contributed by atoms with E-state index < -0.39 is 10.8 Å². The number of nitro groups is 1. The Kier molecular flexibility index (Phi) is 4.77. The van der Waals surface area contributed by atoms with E-state index in [1.54, 1.807) is 0 Å². The number of nitro benzene ring substituents is 1. The second-order valence-corrected chi connectivity index (χ2v) is 4.77. The van der Waals surface area contributed by atoms with Crippen molar-refractivity contribution in [3.8, 4) is 11.5 Å². The molecule has 9 heteroatoms. The third-order valence-corrected chi connectivity index (χ3v) is 3.11. The molecule has 0 radical (unpaired) electrons. The molecule has 23 heavy (non-hydrogen) atoms. The van der Waals surface area contributed by atoms with Crippen molar-refractivity contribution >= 4 is 29.4 Å². The summed E-state index contributed by atoms with van der Waals surface area (Å²) in [5.74, 6) is -1.01. The maximum absolute atomic E-state index is 11.9. The molecule has 1 amide bonds. The van der Waals surface area contributed by atoms with E-state index in [2.05, 4.69) is 10.5 Å². The summed E-state index contributed by atoms with van der Waals surface area (Å²) < 4.78 is 0. The zero-order valence-electron chi connectivity index (χ0n) is 11.4. The van der Waals surface area contributed by atoms with Crippen LogP contribution in [0.3, 0.4) is 0 Å². The van der Waals surface area contributed by atoms with Crippen LogP contribution in [0.5, 0.6) is 11.5 Å². The van der Waals surface area contributed by atoms with Gasteiger partial charge in [-0.15, -0.1) is 0 Å². The maximum Gasteiger partial charge on any atom is 0.288 e. The first kappa shape index (κ1) is 16.2. The van der Waals surface area contributed by atoms with Crippen molar-refractivity contribution in [2.45, 2.75) is 0 Å². The fourth-order valence-corrected chi connectivity index (χ4v) is 1.85. The van der Waals surface area contributed by atoms with Gasteiger partial charge in [0.1, 0.15) is 16.5 Å². The molecule has 0 bridgehead atoms. The van der Waals surface area contributed by atoms with Crippen molar-refractivity contribution < 1.29 is 19.9 Å². The van der Waals surface area contributed by atoms with Crippen molar-refractivity contribution in [2.75, 3.05) is 0 Å². The number of benzene rings is 2. The zero-order chi connectivity index (χ0) is 17.0. The zero-order valence-corrected chi connectivity index (χ0v) is 12.2. The van der Waals surface area contributed by atoms with Crippen LogP contribution in [0.2, 0.25) is 5.02 Å². The lowest BCUT2D eigenvalue weighted by Gasteiger charge is -2.02. The number of hydrogen-bond acceptors (Lipinski definition) is 6. The molecule has 2 aromatic carbocycles. The van der Waals surface area contributed by atoms with Gasteiger partial charge >= 0.3 is 0 Å². The first-order valence-corrected chi connectivity index (χ1v) is 6.55. The predicted octanol–water partition coefficient (Wildman–Crippen LogP) is 2.42. The number of nitrogens with one attached hydrogen (secondary N) is 1. The summed E-state index contributed by atoms with van der Waals surface area (Å²) in [5.41, 5.74) is 2.05. The summed E-state index contributed by atoms with van der Waals surface area (Å²) in [6.07, 6.45) is 1.16. The van der Waals surface area contributed by atoms with E-state index in [0.717, 1.165) is 18.3 Å². The lowest BCUT2D eigenvalue weighted by molar-refractivity contribution is -0.384. The van der Waals surface area contributed by atoms with Gasteiger partial charge in [0.15, 0.2) is 0 Å². The van der Waals surface area contributed by atoms with Crippen LogP contribution in [0.25, 0.3) is 0 Å². The van der Waals surface area contributed by atoms with Crippen LogP contribution in [-0.4, -0.2) is 27.3 Å². The van der Waals surface area contributed by atoms with E-state index in [9.17, 15) is 20.0 Å². The number of rotatable bonds is 4. The van der Waals surface area contributed by atoms with E-state index in [0.29, 0.717) is 0 Å². The van der Waals surface area contributed by atoms with Crippen molar-refractivity contribution in [1.82, 2.24) is 5.43 Å². The van der Waals surface area contributed by atoms with Gasteiger partial charge in [0, 0.05) is 23.3 Å². The predicted molar refractivity (Wildman–Crippen MR) is 82.9 cm³/mol. The van der Waals surface area contributed by atoms with Gasteiger partial charge in [-0.3, -0.25) is 14.9 Å². The molecule has 0 unspecified atom stereocenters. The van der Waals surface area contributed by atoms with Gasteiger partial charge in [-0.2, -0.15) is 5.10 Å². The van der Waals surface area contributed by atoms with Crippen LogP contribution in [0, 0.1) is 10.1 Å². The summed E-state index contributed by atoms with van der Waals surface area (Å²) in [4.78, 5) is 21.9. The highest BCUT2D eigenvalue weighted by Gasteiger charge is 2.15. The maximum atomic E-state index is 11.9. The van der Waals surface area contributed by atoms with Gasteiger partial charge in [0.25, 0.3) is 11.6 Å². The first-order valence-electron chi connectivity index (χ1n) is 6.18. The molecule has 0 aliphatic heterocycles. The molecule has 0 spiro atoms. The number of hydrogen-bond donors (Lipinski definition) is 3. The summed E-state index contributed by atoms with van der Waals surface area (Å²) in [5, 5.41) is 33.0. The molecule has 3 N–H and O–H groups in total. The average molecular weight is 336 g/mol. The largest absolute Gasteiger partial charge is 0.508 e. The molecule has 2 rings (SSSR count). The molecule has 0 aliphatic carbocycles. The Labute approximate surface area is 134 Å². The summed E-state index contributed by atoms with van der Waals surface area (Å²) in [6, 6.07) is 7.44. The van der Waals surface area contributed by atoms with Crippen LogP contribution in [0.1, 0.15) is 15.9 Å². The minimum atomic E-state index is -0.698. The molecule has 2 aromatic rings. The van der Waals surface area contributed by atoms with E-state index >= 15 is 0 Å². The van der Waals surface area contributed by atoms with Crippen LogP contribution >= 0.6 is 11.6 Å². The molecule has 0 atom stereocenters. The number of phenols is 2. The third kappa shape index (κ3) is 3.95. The van der Waals surface area contributed by atoms with Crippen LogP contribution in [0.4, 0.5) is 5.69 Å². The highest BCUT2D eigenvalue weighted by Crippen LogP contribution is 2.25. The molecule has 0 aliphatic rings. The number of nitrogens with zero attached hydrogens (tertiary/aromatic N) is 2. The molecular weight excluding hydrogens is 326 g/mol. The molecule has 8 nitrogen and oxygen atoms in total. The molecule has 0 saturated heterocycles. The highest BCUT2D eigenvalue weighted by molar-refractivity contribution is 6.32. The monoisotopic (exact) mass is 335 g/mol. The van der Waals surface area contributed by atoms with Gasteiger partial charge < -0.3 is 10.2 Å². The van der Waals surface area contributed by atoms with Crippen LogP contribution < -0.4 is 5.43 Å². The number of amides is 1. The van der Waals surface area contributed by atoms with E-state index in [-0.39, 0.29) is 33.3 Å². The van der Waals surface area contributed by atoms with Crippen LogP contribution in [-0.2, 0) is 0 Å². The van der Waals surface area contributed by atoms with Gasteiger partial charge in [-0.25, -0.2) is 5.43 Å². The second kappa shape index (κ2) is 6.75. The number of phenolic OH excluding ortho intramolecular Hbond substituents is 2. The Bertz CT molecular complexity index is 807. The topological polar surface area (TPSA) is 125 Å². The van der Waals surface area contributed by atoms with Crippen LogP contribution in [0.15, 0.2) is 41.5 Å². The Morgan fingerprint density at radius 1 is 1.26 bits per heavy atom. The second-order valence-electron chi connectivity index (χ2n) is 4.37. The first-order chi connectivity index (χ1) is 10.9. The number of carbonyl (C=O) groups is 1. The lowest BCUT2D eigenvalue weighted by atomic mass is 10.2. The fraction of sp³-hybridized carbons (Fsp3) is 0. The van der Waals surface area contributed by atoms with Crippen molar-refractivity contribution in [1.29, 1.82) is 0 Å². The van der Waals surface area contributed by atoms with Crippen molar-refractivity contribution in [3.05, 3.63) is 62.7 Å². The highest BCUT2D eigenvalue weighted by atomic mass is 35.5. The quantitative estimate of drug-likeness (QED) is 0.449. The van der Waals surface area contributed by atoms with Gasteiger partial charge in [0.2, 0.25) is 0 Å². The number of hydrazone groups is 1. The number of aromatic hydroxyl groups is 2. The third-order valence-electron chi connectivity index (χ3n) is 2.79. The van der Waals surface area contributed by atoms with Crippen molar-refractivity contribution in [3.63, 3.8) is 0 Å². The standard InChI is InChI=1S/C14H10ClN3O5/c15-11-4-2-8(5-12(11)18(22)23)14(21)17-16-7-9-1-3-10(19)6-13(9)20/h1-7,19-20H,(H,17,21). The Balaban J connectivity index is 2.12. The minimum absolute atomic E-state index is 0.00757. The van der Waals surface area contributed by atoms with Gasteiger partial charge in [-0.1, -0.05) is 11.6 Å².